The predicted octanol–water partition coefficient (Wildman–Crippen LogP) is 1.72. The molecule has 13 heavy (non-hydrogen) atoms. The first-order valence-electron chi connectivity index (χ1n) is 4.66. The highest BCUT2D eigenvalue weighted by Crippen LogP contribution is 2.10. The molecule has 2 N–H and O–H groups in total. The van der Waals surface area contributed by atoms with Gasteiger partial charge in [-0.15, -0.1) is 0 Å². The van der Waals surface area contributed by atoms with E-state index in [9.17, 15) is 5.11 Å². The van der Waals surface area contributed by atoms with Crippen molar-refractivity contribution < 1.29 is 5.11 Å². The molecule has 0 unspecified atom stereocenters. The zero-order valence-electron chi connectivity index (χ0n) is 8.20. The van der Waals surface area contributed by atoms with Crippen LogP contribution in [0, 0.1) is 0 Å². The highest BCUT2D eigenvalue weighted by molar-refractivity contribution is 5.17. The molecule has 0 heterocycles. The second-order valence-corrected chi connectivity index (χ2v) is 3.49. The van der Waals surface area contributed by atoms with Gasteiger partial charge in [0.2, 0.25) is 0 Å². The van der Waals surface area contributed by atoms with Crippen molar-refractivity contribution in [2.24, 2.45) is 0 Å². The topological polar surface area (TPSA) is 32.3 Å². The highest BCUT2D eigenvalue weighted by Gasteiger charge is 2.05. The predicted molar refractivity (Wildman–Crippen MR) is 54.5 cm³/mol. The zero-order valence-corrected chi connectivity index (χ0v) is 8.20. The van der Waals surface area contributed by atoms with Crippen LogP contribution >= 0.6 is 0 Å². The molecule has 0 saturated heterocycles. The van der Waals surface area contributed by atoms with E-state index in [2.05, 4.69) is 19.2 Å². The van der Waals surface area contributed by atoms with E-state index in [1.54, 1.807) is 0 Å². The molecule has 0 aliphatic heterocycles. The average molecular weight is 179 g/mol. The lowest BCUT2D eigenvalue weighted by molar-refractivity contribution is 0.171. The van der Waals surface area contributed by atoms with Crippen molar-refractivity contribution in [3.8, 4) is 0 Å². The van der Waals surface area contributed by atoms with E-state index in [0.29, 0.717) is 12.6 Å². The molecule has 0 aliphatic carbocycles. The summed E-state index contributed by atoms with van der Waals surface area (Å²) in [5, 5.41) is 12.9. The van der Waals surface area contributed by atoms with Crippen LogP contribution in [0.3, 0.4) is 0 Å². The molecule has 0 fully saturated rings. The van der Waals surface area contributed by atoms with E-state index >= 15 is 0 Å². The van der Waals surface area contributed by atoms with Crippen LogP contribution in [0.15, 0.2) is 30.3 Å². The van der Waals surface area contributed by atoms with Crippen LogP contribution in [0.4, 0.5) is 0 Å². The lowest BCUT2D eigenvalue weighted by atomic mass is 10.1. The third kappa shape index (κ3) is 3.57. The Morgan fingerprint density at radius 3 is 2.38 bits per heavy atom. The van der Waals surface area contributed by atoms with Crippen molar-refractivity contribution in [2.75, 3.05) is 6.54 Å². The Labute approximate surface area is 79.6 Å². The minimum atomic E-state index is -0.399. The summed E-state index contributed by atoms with van der Waals surface area (Å²) in [5.41, 5.74) is 0.968. The number of rotatable bonds is 4. The van der Waals surface area contributed by atoms with Gasteiger partial charge >= 0.3 is 0 Å². The van der Waals surface area contributed by atoms with Gasteiger partial charge in [-0.05, 0) is 5.56 Å². The van der Waals surface area contributed by atoms with Crippen molar-refractivity contribution in [1.82, 2.24) is 5.32 Å². The van der Waals surface area contributed by atoms with Gasteiger partial charge in [0.1, 0.15) is 0 Å². The first-order chi connectivity index (χ1) is 6.20. The maximum Gasteiger partial charge on any atom is 0.0914 e. The summed E-state index contributed by atoms with van der Waals surface area (Å²) < 4.78 is 0. The molecule has 72 valence electrons. The molecule has 0 radical (unpaired) electrons. The molecule has 1 aromatic rings. The fourth-order valence-electron chi connectivity index (χ4n) is 1.14. The largest absolute Gasteiger partial charge is 0.387 e. The van der Waals surface area contributed by atoms with Gasteiger partial charge in [-0.2, -0.15) is 0 Å². The number of hydrogen-bond donors (Lipinski definition) is 2. The summed E-state index contributed by atoms with van der Waals surface area (Å²) in [6.45, 7) is 4.75. The highest BCUT2D eigenvalue weighted by atomic mass is 16.3. The lowest BCUT2D eigenvalue weighted by Gasteiger charge is -2.13. The first kappa shape index (κ1) is 10.2. The normalized spacial score (nSPS) is 13.2. The Morgan fingerprint density at radius 1 is 1.23 bits per heavy atom. The average Bonchev–Trinajstić information content (AvgIpc) is 2.15. The van der Waals surface area contributed by atoms with Crippen LogP contribution in [0.2, 0.25) is 0 Å². The van der Waals surface area contributed by atoms with Crippen molar-refractivity contribution in [2.45, 2.75) is 26.0 Å². The summed E-state index contributed by atoms with van der Waals surface area (Å²) >= 11 is 0. The third-order valence-corrected chi connectivity index (χ3v) is 1.90. The molecule has 0 aliphatic rings. The van der Waals surface area contributed by atoms with Gasteiger partial charge in [-0.1, -0.05) is 44.2 Å². The molecule has 0 bridgehead atoms. The smallest absolute Gasteiger partial charge is 0.0914 e. The maximum atomic E-state index is 9.71. The summed E-state index contributed by atoms with van der Waals surface area (Å²) in [7, 11) is 0. The minimum Gasteiger partial charge on any atom is -0.387 e. The van der Waals surface area contributed by atoms with E-state index in [-0.39, 0.29) is 0 Å². The quantitative estimate of drug-likeness (QED) is 0.737. The maximum absolute atomic E-state index is 9.71. The van der Waals surface area contributed by atoms with Crippen molar-refractivity contribution in [1.29, 1.82) is 0 Å². The zero-order chi connectivity index (χ0) is 9.68. The molecule has 0 aromatic heterocycles. The number of benzene rings is 1. The van der Waals surface area contributed by atoms with Gasteiger partial charge in [-0.25, -0.2) is 0 Å². The standard InChI is InChI=1S/C11H17NO/c1-9(2)12-8-11(13)10-6-4-3-5-7-10/h3-7,9,11-13H,8H2,1-2H3/t11-/m0/s1. The number of aliphatic hydroxyl groups excluding tert-OH is 1. The van der Waals surface area contributed by atoms with Gasteiger partial charge in [0.15, 0.2) is 0 Å². The molecular weight excluding hydrogens is 162 g/mol. The SMILES string of the molecule is CC(C)NC[C@H](O)c1ccccc1. The van der Waals surface area contributed by atoms with Gasteiger partial charge in [0.05, 0.1) is 6.10 Å². The van der Waals surface area contributed by atoms with E-state index < -0.39 is 6.10 Å². The second kappa shape index (κ2) is 5.00. The minimum absolute atomic E-state index is 0.399. The second-order valence-electron chi connectivity index (χ2n) is 3.49. The Balaban J connectivity index is 2.44. The summed E-state index contributed by atoms with van der Waals surface area (Å²) in [5.74, 6) is 0. The molecule has 0 saturated carbocycles. The van der Waals surface area contributed by atoms with Gasteiger partial charge in [0, 0.05) is 12.6 Å². The lowest BCUT2D eigenvalue weighted by Crippen LogP contribution is -2.27. The molecule has 1 atom stereocenters. The van der Waals surface area contributed by atoms with Crippen LogP contribution in [0.25, 0.3) is 0 Å². The van der Waals surface area contributed by atoms with E-state index in [1.165, 1.54) is 0 Å². The van der Waals surface area contributed by atoms with E-state index in [4.69, 9.17) is 0 Å². The number of aliphatic hydroxyl groups is 1. The van der Waals surface area contributed by atoms with Gasteiger partial charge < -0.3 is 10.4 Å². The summed E-state index contributed by atoms with van der Waals surface area (Å²) in [6, 6.07) is 10.1. The van der Waals surface area contributed by atoms with Crippen LogP contribution in [-0.2, 0) is 0 Å². The fraction of sp³-hybridized carbons (Fsp3) is 0.455. The van der Waals surface area contributed by atoms with Crippen LogP contribution in [-0.4, -0.2) is 17.7 Å². The summed E-state index contributed by atoms with van der Waals surface area (Å²) in [6.07, 6.45) is -0.399. The third-order valence-electron chi connectivity index (χ3n) is 1.90. The summed E-state index contributed by atoms with van der Waals surface area (Å²) in [4.78, 5) is 0. The van der Waals surface area contributed by atoms with E-state index in [1.807, 2.05) is 30.3 Å². The molecule has 0 amide bonds. The first-order valence-corrected chi connectivity index (χ1v) is 4.66. The molecule has 1 aromatic carbocycles. The van der Waals surface area contributed by atoms with Gasteiger partial charge in [0.25, 0.3) is 0 Å². The molecular formula is C11H17NO. The van der Waals surface area contributed by atoms with Crippen molar-refractivity contribution in [3.63, 3.8) is 0 Å². The van der Waals surface area contributed by atoms with E-state index in [0.717, 1.165) is 5.56 Å². The monoisotopic (exact) mass is 179 g/mol. The number of nitrogens with one attached hydrogen (secondary N) is 1. The molecule has 0 spiro atoms. The Morgan fingerprint density at radius 2 is 1.85 bits per heavy atom. The van der Waals surface area contributed by atoms with Crippen LogP contribution < -0.4 is 5.32 Å². The van der Waals surface area contributed by atoms with Crippen LogP contribution in [0.1, 0.15) is 25.5 Å². The number of hydrogen-bond acceptors (Lipinski definition) is 2. The fourth-order valence-corrected chi connectivity index (χ4v) is 1.14. The van der Waals surface area contributed by atoms with Crippen molar-refractivity contribution in [3.05, 3.63) is 35.9 Å². The van der Waals surface area contributed by atoms with Crippen LogP contribution in [0.5, 0.6) is 0 Å². The Kier molecular flexibility index (Phi) is 3.93. The Bertz CT molecular complexity index is 233. The van der Waals surface area contributed by atoms with Crippen molar-refractivity contribution >= 4 is 0 Å². The molecule has 2 heteroatoms. The van der Waals surface area contributed by atoms with Gasteiger partial charge in [-0.3, -0.25) is 0 Å². The molecule has 1 rings (SSSR count). The Hall–Kier alpha value is -0.860. The molecule has 2 nitrogen and oxygen atoms in total.